The number of aromatic amines is 1. The third kappa shape index (κ3) is 5.78. The number of aromatic nitrogens is 6. The van der Waals surface area contributed by atoms with Crippen molar-refractivity contribution in [2.75, 3.05) is 11.9 Å². The highest BCUT2D eigenvalue weighted by atomic mass is 16.2. The minimum atomic E-state index is -0.819. The maximum absolute atomic E-state index is 14.0. The quantitative estimate of drug-likeness (QED) is 0.195. The van der Waals surface area contributed by atoms with Gasteiger partial charge in [-0.1, -0.05) is 30.3 Å². The Bertz CT molecular complexity index is 1840. The number of rotatable bonds is 9. The van der Waals surface area contributed by atoms with Gasteiger partial charge in [-0.15, -0.1) is 0 Å². The van der Waals surface area contributed by atoms with E-state index in [1.54, 1.807) is 19.3 Å². The SMILES string of the molecule is Cc1n[nH]c(C)c1-c1ccc(NC(=O)[C@@H](NC(=O)c2ccnn2C)[C@@H]2CCc3ccc(-c4cnn(C(C)(C)CN)c4)cc32)cc1. The molecule has 0 fully saturated rings. The van der Waals surface area contributed by atoms with E-state index in [-0.39, 0.29) is 23.3 Å². The normalized spacial score (nSPS) is 15.1. The van der Waals surface area contributed by atoms with Gasteiger partial charge >= 0.3 is 0 Å². The summed E-state index contributed by atoms with van der Waals surface area (Å²) in [5.74, 6) is -0.871. The Morgan fingerprint density at radius 1 is 1.07 bits per heavy atom. The van der Waals surface area contributed by atoms with Crippen LogP contribution in [0.3, 0.4) is 0 Å². The monoisotopic (exact) mass is 605 g/mol. The van der Waals surface area contributed by atoms with Crippen LogP contribution in [0.15, 0.2) is 67.1 Å². The lowest BCUT2D eigenvalue weighted by molar-refractivity contribution is -0.118. The fraction of sp³-hybridized carbons (Fsp3) is 0.324. The number of nitrogens with zero attached hydrogens (tertiary/aromatic N) is 5. The summed E-state index contributed by atoms with van der Waals surface area (Å²) >= 11 is 0. The molecule has 5 aromatic rings. The molecule has 0 radical (unpaired) electrons. The minimum Gasteiger partial charge on any atom is -0.338 e. The summed E-state index contributed by atoms with van der Waals surface area (Å²) in [6, 6.07) is 14.8. The summed E-state index contributed by atoms with van der Waals surface area (Å²) in [4.78, 5) is 27.5. The number of nitrogens with one attached hydrogen (secondary N) is 3. The lowest BCUT2D eigenvalue weighted by Crippen LogP contribution is -2.47. The Morgan fingerprint density at radius 3 is 2.49 bits per heavy atom. The summed E-state index contributed by atoms with van der Waals surface area (Å²) in [5, 5.41) is 22.1. The van der Waals surface area contributed by atoms with E-state index in [0.717, 1.165) is 52.0 Å². The van der Waals surface area contributed by atoms with Gasteiger partial charge in [-0.2, -0.15) is 15.3 Å². The molecular formula is C34H39N9O2. The van der Waals surface area contributed by atoms with E-state index in [1.165, 1.54) is 10.2 Å². The van der Waals surface area contributed by atoms with E-state index in [0.29, 0.717) is 17.9 Å². The van der Waals surface area contributed by atoms with Crippen molar-refractivity contribution in [3.05, 3.63) is 95.3 Å². The second-order valence-corrected chi connectivity index (χ2v) is 12.4. The molecule has 45 heavy (non-hydrogen) atoms. The fourth-order valence-corrected chi connectivity index (χ4v) is 6.13. The number of amides is 2. The molecule has 1 aliphatic carbocycles. The molecule has 0 aliphatic heterocycles. The van der Waals surface area contributed by atoms with Gasteiger partial charge in [0, 0.05) is 54.4 Å². The average Bonchev–Trinajstić information content (AvgIpc) is 3.83. The Balaban J connectivity index is 1.30. The van der Waals surface area contributed by atoms with Crippen LogP contribution in [0.1, 0.15) is 59.2 Å². The first-order valence-electron chi connectivity index (χ1n) is 15.2. The highest BCUT2D eigenvalue weighted by molar-refractivity contribution is 6.01. The molecular weight excluding hydrogens is 566 g/mol. The van der Waals surface area contributed by atoms with Crippen LogP contribution < -0.4 is 16.4 Å². The van der Waals surface area contributed by atoms with Crippen LogP contribution in [0.25, 0.3) is 22.3 Å². The van der Waals surface area contributed by atoms with Crippen molar-refractivity contribution >= 4 is 17.5 Å². The fourth-order valence-electron chi connectivity index (χ4n) is 6.13. The Morgan fingerprint density at radius 2 is 1.82 bits per heavy atom. The molecule has 11 nitrogen and oxygen atoms in total. The van der Waals surface area contributed by atoms with Crippen molar-refractivity contribution < 1.29 is 9.59 Å². The second kappa shape index (κ2) is 11.8. The lowest BCUT2D eigenvalue weighted by Gasteiger charge is -2.25. The lowest BCUT2D eigenvalue weighted by atomic mass is 9.90. The first kappa shape index (κ1) is 30.0. The highest BCUT2D eigenvalue weighted by Crippen LogP contribution is 2.39. The predicted octanol–water partition coefficient (Wildman–Crippen LogP) is 4.45. The topological polar surface area (TPSA) is 149 Å². The average molecular weight is 606 g/mol. The molecule has 0 unspecified atom stereocenters. The van der Waals surface area contributed by atoms with Gasteiger partial charge in [0.15, 0.2) is 0 Å². The van der Waals surface area contributed by atoms with Crippen LogP contribution in [-0.2, 0) is 23.8 Å². The number of carbonyl (C=O) groups excluding carboxylic acids is 2. The van der Waals surface area contributed by atoms with Crippen molar-refractivity contribution in [1.82, 2.24) is 35.1 Å². The molecule has 2 aromatic carbocycles. The molecule has 5 N–H and O–H groups in total. The zero-order valence-electron chi connectivity index (χ0n) is 26.3. The summed E-state index contributed by atoms with van der Waals surface area (Å²) < 4.78 is 3.39. The van der Waals surface area contributed by atoms with E-state index in [9.17, 15) is 9.59 Å². The van der Waals surface area contributed by atoms with Gasteiger partial charge in [-0.25, -0.2) is 0 Å². The van der Waals surface area contributed by atoms with E-state index in [1.807, 2.05) is 69.0 Å². The molecule has 6 rings (SSSR count). The van der Waals surface area contributed by atoms with Gasteiger partial charge in [0.05, 0.1) is 17.4 Å². The largest absolute Gasteiger partial charge is 0.338 e. The number of aryl methyl sites for hydroxylation is 4. The first-order valence-corrected chi connectivity index (χ1v) is 15.2. The van der Waals surface area contributed by atoms with E-state index >= 15 is 0 Å². The van der Waals surface area contributed by atoms with Crippen molar-refractivity contribution in [3.8, 4) is 22.3 Å². The number of carbonyl (C=O) groups is 2. The zero-order chi connectivity index (χ0) is 31.9. The Labute approximate surface area is 262 Å². The highest BCUT2D eigenvalue weighted by Gasteiger charge is 2.36. The molecule has 11 heteroatoms. The van der Waals surface area contributed by atoms with Gasteiger partial charge in [-0.05, 0) is 81.0 Å². The Kier molecular flexibility index (Phi) is 7.88. The summed E-state index contributed by atoms with van der Waals surface area (Å²) in [7, 11) is 1.71. The molecule has 3 aromatic heterocycles. The number of nitrogens with two attached hydrogens (primary N) is 1. The van der Waals surface area contributed by atoms with E-state index < -0.39 is 6.04 Å². The van der Waals surface area contributed by atoms with Gasteiger partial charge in [-0.3, -0.25) is 24.1 Å². The van der Waals surface area contributed by atoms with Crippen LogP contribution in [0.2, 0.25) is 0 Å². The maximum atomic E-state index is 14.0. The molecule has 3 heterocycles. The van der Waals surface area contributed by atoms with Gasteiger partial charge in [0.1, 0.15) is 11.7 Å². The summed E-state index contributed by atoms with van der Waals surface area (Å²) in [6.07, 6.45) is 6.94. The summed E-state index contributed by atoms with van der Waals surface area (Å²) in [6.45, 7) is 8.49. The number of hydrogen-bond acceptors (Lipinski definition) is 6. The molecule has 2 atom stereocenters. The summed E-state index contributed by atoms with van der Waals surface area (Å²) in [5.41, 5.74) is 14.8. The molecule has 1 aliphatic rings. The second-order valence-electron chi connectivity index (χ2n) is 12.4. The third-order valence-corrected chi connectivity index (χ3v) is 8.90. The maximum Gasteiger partial charge on any atom is 0.270 e. The van der Waals surface area contributed by atoms with E-state index in [4.69, 9.17) is 5.73 Å². The van der Waals surface area contributed by atoms with Crippen molar-refractivity contribution in [2.24, 2.45) is 12.8 Å². The molecule has 0 saturated heterocycles. The molecule has 2 amide bonds. The zero-order valence-corrected chi connectivity index (χ0v) is 26.3. The minimum absolute atomic E-state index is 0.233. The number of fused-ring (bicyclic) bond motifs is 1. The van der Waals surface area contributed by atoms with Crippen LogP contribution in [0.4, 0.5) is 5.69 Å². The number of anilines is 1. The smallest absolute Gasteiger partial charge is 0.270 e. The van der Waals surface area contributed by atoms with Gasteiger partial charge in [0.25, 0.3) is 5.91 Å². The first-order chi connectivity index (χ1) is 21.6. The number of H-pyrrole nitrogens is 1. The molecule has 0 bridgehead atoms. The van der Waals surface area contributed by atoms with Crippen molar-refractivity contribution in [2.45, 2.75) is 58.0 Å². The molecule has 0 spiro atoms. The molecule has 0 saturated carbocycles. The van der Waals surface area contributed by atoms with E-state index in [2.05, 4.69) is 49.2 Å². The van der Waals surface area contributed by atoms with Crippen LogP contribution in [0, 0.1) is 13.8 Å². The van der Waals surface area contributed by atoms with Gasteiger partial charge in [0.2, 0.25) is 5.91 Å². The standard InChI is InChI=1S/C34H39N9O2/c1-20-30(21(2)41-40-20)23-8-11-26(12-9-23)38-33(45)31(39-32(44)29-14-15-36-42(29)5)27-13-10-22-6-7-24(16-28(22)27)25-17-37-43(18-25)34(3,4)19-35/h6-9,11-12,14-18,27,31H,10,13,19,35H2,1-5H3,(H,38,45)(H,39,44)(H,40,41)/t27-,31+/m1/s1. The van der Waals surface area contributed by atoms with Crippen LogP contribution in [-0.4, -0.2) is 54.2 Å². The van der Waals surface area contributed by atoms with Crippen molar-refractivity contribution in [1.29, 1.82) is 0 Å². The molecule has 232 valence electrons. The number of hydrogen-bond donors (Lipinski definition) is 4. The van der Waals surface area contributed by atoms with Crippen LogP contribution in [0.5, 0.6) is 0 Å². The van der Waals surface area contributed by atoms with Crippen molar-refractivity contribution in [3.63, 3.8) is 0 Å². The predicted molar refractivity (Wildman–Crippen MR) is 174 cm³/mol. The number of benzene rings is 2. The van der Waals surface area contributed by atoms with Gasteiger partial charge < -0.3 is 16.4 Å². The third-order valence-electron chi connectivity index (χ3n) is 8.90. The Hall–Kier alpha value is -5.03. The van der Waals surface area contributed by atoms with Crippen LogP contribution >= 0.6 is 0 Å².